The van der Waals surface area contributed by atoms with Gasteiger partial charge < -0.3 is 9.64 Å². The van der Waals surface area contributed by atoms with Crippen molar-refractivity contribution in [3.63, 3.8) is 0 Å². The molecule has 1 saturated heterocycles. The Morgan fingerprint density at radius 2 is 2.15 bits per heavy atom. The summed E-state index contributed by atoms with van der Waals surface area (Å²) in [5.41, 5.74) is 0.354. The lowest BCUT2D eigenvalue weighted by molar-refractivity contribution is -0.385. The van der Waals surface area contributed by atoms with Gasteiger partial charge in [-0.25, -0.2) is 0 Å². The minimum absolute atomic E-state index is 0.0260. The molecule has 1 aliphatic rings. The average molecular weight is 278 g/mol. The molecule has 0 N–H and O–H groups in total. The van der Waals surface area contributed by atoms with Gasteiger partial charge in [-0.3, -0.25) is 14.9 Å². The number of nitro groups is 1. The van der Waals surface area contributed by atoms with Gasteiger partial charge in [0.1, 0.15) is 0 Å². The van der Waals surface area contributed by atoms with Crippen LogP contribution in [0.5, 0.6) is 0 Å². The number of hydrogen-bond acceptors (Lipinski definition) is 4. The third kappa shape index (κ3) is 2.51. The Hall–Kier alpha value is -1.95. The molecular formula is C14H18N2O4. The molecule has 20 heavy (non-hydrogen) atoms. The smallest absolute Gasteiger partial charge is 0.273 e. The summed E-state index contributed by atoms with van der Waals surface area (Å²) < 4.78 is 5.39. The molecule has 6 nitrogen and oxygen atoms in total. The normalized spacial score (nSPS) is 17.9. The van der Waals surface area contributed by atoms with Crippen molar-refractivity contribution in [1.29, 1.82) is 0 Å². The highest BCUT2D eigenvalue weighted by Gasteiger charge is 2.35. The second kappa shape index (κ2) is 5.20. The van der Waals surface area contributed by atoms with E-state index in [4.69, 9.17) is 4.74 Å². The van der Waals surface area contributed by atoms with Crippen molar-refractivity contribution < 1.29 is 14.5 Å². The molecule has 0 unspecified atom stereocenters. The van der Waals surface area contributed by atoms with Crippen LogP contribution in [-0.4, -0.2) is 41.0 Å². The molecule has 0 aromatic heterocycles. The van der Waals surface area contributed by atoms with E-state index < -0.39 is 10.5 Å². The van der Waals surface area contributed by atoms with Crippen molar-refractivity contribution in [2.45, 2.75) is 26.3 Å². The van der Waals surface area contributed by atoms with Gasteiger partial charge in [-0.2, -0.15) is 0 Å². The maximum absolute atomic E-state index is 12.7. The first kappa shape index (κ1) is 14.5. The predicted molar refractivity (Wildman–Crippen MR) is 73.8 cm³/mol. The highest BCUT2D eigenvalue weighted by atomic mass is 16.6. The van der Waals surface area contributed by atoms with Gasteiger partial charge in [0.15, 0.2) is 0 Å². The van der Waals surface area contributed by atoms with E-state index in [-0.39, 0.29) is 11.6 Å². The summed E-state index contributed by atoms with van der Waals surface area (Å²) in [6.07, 6.45) is 0. The Bertz CT molecular complexity index is 554. The molecule has 6 heteroatoms. The standard InChI is InChI=1S/C14H18N2O4/c1-10-11(5-4-6-12(10)16(18)19)13(17)15-7-8-20-9-14(15,2)3/h4-6H,7-9H2,1-3H3. The van der Waals surface area contributed by atoms with Crippen molar-refractivity contribution in [2.75, 3.05) is 19.8 Å². The van der Waals surface area contributed by atoms with Crippen LogP contribution in [0.4, 0.5) is 5.69 Å². The SMILES string of the molecule is Cc1c(C(=O)N2CCOCC2(C)C)cccc1[N+](=O)[O-]. The fourth-order valence-electron chi connectivity index (χ4n) is 2.43. The minimum Gasteiger partial charge on any atom is -0.377 e. The Morgan fingerprint density at radius 1 is 1.45 bits per heavy atom. The molecule has 1 heterocycles. The number of ether oxygens (including phenoxy) is 1. The lowest BCUT2D eigenvalue weighted by atomic mass is 9.99. The summed E-state index contributed by atoms with van der Waals surface area (Å²) in [6, 6.07) is 4.60. The number of benzene rings is 1. The molecule has 0 spiro atoms. The number of hydrogen-bond donors (Lipinski definition) is 0. The van der Waals surface area contributed by atoms with E-state index in [2.05, 4.69) is 0 Å². The number of nitro benzene ring substituents is 1. The summed E-state index contributed by atoms with van der Waals surface area (Å²) in [5, 5.41) is 11.0. The number of morpholine rings is 1. The van der Waals surface area contributed by atoms with Crippen LogP contribution in [0.3, 0.4) is 0 Å². The first-order valence-corrected chi connectivity index (χ1v) is 6.48. The molecule has 2 rings (SSSR count). The van der Waals surface area contributed by atoms with Crippen LogP contribution >= 0.6 is 0 Å². The van der Waals surface area contributed by atoms with Gasteiger partial charge >= 0.3 is 0 Å². The van der Waals surface area contributed by atoms with Crippen molar-refractivity contribution in [1.82, 2.24) is 4.90 Å². The summed E-state index contributed by atoms with van der Waals surface area (Å²) in [7, 11) is 0. The molecular weight excluding hydrogens is 260 g/mol. The first-order chi connectivity index (χ1) is 9.34. The van der Waals surface area contributed by atoms with E-state index in [0.29, 0.717) is 30.9 Å². The zero-order chi connectivity index (χ0) is 14.9. The van der Waals surface area contributed by atoms with Gasteiger partial charge in [-0.15, -0.1) is 0 Å². The van der Waals surface area contributed by atoms with Crippen molar-refractivity contribution in [3.05, 3.63) is 39.4 Å². The Kier molecular flexibility index (Phi) is 3.76. The Labute approximate surface area is 117 Å². The topological polar surface area (TPSA) is 72.7 Å². The van der Waals surface area contributed by atoms with E-state index in [1.807, 2.05) is 13.8 Å². The van der Waals surface area contributed by atoms with Gasteiger partial charge in [-0.1, -0.05) is 6.07 Å². The summed E-state index contributed by atoms with van der Waals surface area (Å²) in [5.74, 6) is -0.181. The van der Waals surface area contributed by atoms with Crippen LogP contribution in [0.1, 0.15) is 29.8 Å². The van der Waals surface area contributed by atoms with Gasteiger partial charge in [0.2, 0.25) is 0 Å². The molecule has 1 aliphatic heterocycles. The Balaban J connectivity index is 2.39. The summed E-state index contributed by atoms with van der Waals surface area (Å²) in [6.45, 7) is 6.91. The van der Waals surface area contributed by atoms with E-state index >= 15 is 0 Å². The molecule has 1 aromatic rings. The highest BCUT2D eigenvalue weighted by Crippen LogP contribution is 2.26. The van der Waals surface area contributed by atoms with Gasteiger partial charge in [0, 0.05) is 23.7 Å². The molecule has 0 aliphatic carbocycles. The largest absolute Gasteiger partial charge is 0.377 e. The molecule has 0 bridgehead atoms. The first-order valence-electron chi connectivity index (χ1n) is 6.48. The number of carbonyl (C=O) groups excluding carboxylic acids is 1. The van der Waals surface area contributed by atoms with Crippen LogP contribution < -0.4 is 0 Å². The van der Waals surface area contributed by atoms with Crippen LogP contribution in [0.15, 0.2) is 18.2 Å². The van der Waals surface area contributed by atoms with Crippen LogP contribution in [-0.2, 0) is 4.74 Å². The fourth-order valence-corrected chi connectivity index (χ4v) is 2.43. The molecule has 1 aromatic carbocycles. The molecule has 1 amide bonds. The lowest BCUT2D eigenvalue weighted by Gasteiger charge is -2.42. The Morgan fingerprint density at radius 3 is 2.75 bits per heavy atom. The molecule has 0 radical (unpaired) electrons. The molecule has 0 atom stereocenters. The van der Waals surface area contributed by atoms with Crippen LogP contribution in [0.25, 0.3) is 0 Å². The lowest BCUT2D eigenvalue weighted by Crippen LogP contribution is -2.55. The number of nitrogens with zero attached hydrogens (tertiary/aromatic N) is 2. The summed E-state index contributed by atoms with van der Waals surface area (Å²) >= 11 is 0. The van der Waals surface area contributed by atoms with Crippen LogP contribution in [0, 0.1) is 17.0 Å². The third-order valence-electron chi connectivity index (χ3n) is 3.62. The molecule has 0 saturated carbocycles. The number of amides is 1. The maximum atomic E-state index is 12.7. The molecule has 1 fully saturated rings. The number of rotatable bonds is 2. The maximum Gasteiger partial charge on any atom is 0.273 e. The third-order valence-corrected chi connectivity index (χ3v) is 3.62. The second-order valence-electron chi connectivity index (χ2n) is 5.53. The van der Waals surface area contributed by atoms with Crippen molar-refractivity contribution >= 4 is 11.6 Å². The quantitative estimate of drug-likeness (QED) is 0.614. The van der Waals surface area contributed by atoms with Crippen LogP contribution in [0.2, 0.25) is 0 Å². The highest BCUT2D eigenvalue weighted by molar-refractivity contribution is 5.97. The van der Waals surface area contributed by atoms with E-state index in [9.17, 15) is 14.9 Å². The monoisotopic (exact) mass is 278 g/mol. The van der Waals surface area contributed by atoms with Gasteiger partial charge in [0.05, 0.1) is 23.7 Å². The van der Waals surface area contributed by atoms with E-state index in [1.165, 1.54) is 6.07 Å². The number of carbonyl (C=O) groups is 1. The average Bonchev–Trinajstić information content (AvgIpc) is 2.37. The fraction of sp³-hybridized carbons (Fsp3) is 0.500. The summed E-state index contributed by atoms with van der Waals surface area (Å²) in [4.78, 5) is 24.9. The van der Waals surface area contributed by atoms with Gasteiger partial charge in [0.25, 0.3) is 11.6 Å². The minimum atomic E-state index is -0.462. The van der Waals surface area contributed by atoms with E-state index in [0.717, 1.165) is 0 Å². The van der Waals surface area contributed by atoms with Gasteiger partial charge in [-0.05, 0) is 26.8 Å². The zero-order valence-corrected chi connectivity index (χ0v) is 11.9. The second-order valence-corrected chi connectivity index (χ2v) is 5.53. The van der Waals surface area contributed by atoms with Crippen molar-refractivity contribution in [3.8, 4) is 0 Å². The van der Waals surface area contributed by atoms with E-state index in [1.54, 1.807) is 24.0 Å². The predicted octanol–water partition coefficient (Wildman–Crippen LogP) is 2.15. The zero-order valence-electron chi connectivity index (χ0n) is 11.9. The van der Waals surface area contributed by atoms with Crippen molar-refractivity contribution in [2.24, 2.45) is 0 Å². The molecule has 108 valence electrons.